The van der Waals surface area contributed by atoms with Crippen molar-refractivity contribution >= 4 is 45.5 Å². The van der Waals surface area contributed by atoms with E-state index in [4.69, 9.17) is 5.73 Å². The van der Waals surface area contributed by atoms with Crippen LogP contribution >= 0.6 is 0 Å². The minimum atomic E-state index is -1.20. The lowest BCUT2D eigenvalue weighted by Gasteiger charge is -2.19. The molecule has 4 rings (SSSR count). The number of para-hydroxylation sites is 2. The average molecular weight is 505 g/mol. The smallest absolute Gasteiger partial charge is 0.326 e. The number of amides is 3. The lowest BCUT2D eigenvalue weighted by molar-refractivity contribution is -0.141. The number of fused-ring (bicyclic) bond motifs is 2. The van der Waals surface area contributed by atoms with Gasteiger partial charge in [0.15, 0.2) is 0 Å². The number of carbonyl (C=O) groups is 4. The van der Waals surface area contributed by atoms with Gasteiger partial charge in [-0.3, -0.25) is 14.4 Å². The second-order valence-electron chi connectivity index (χ2n) is 8.63. The minimum Gasteiger partial charge on any atom is -0.480 e. The number of aliphatic carboxylic acids is 1. The second kappa shape index (κ2) is 11.4. The molecule has 0 spiro atoms. The Balaban J connectivity index is 1.38. The molecule has 2 aromatic heterocycles. The number of nitrogens with two attached hydrogens (primary N) is 1. The van der Waals surface area contributed by atoms with Crippen LogP contribution in [0.2, 0.25) is 0 Å². The van der Waals surface area contributed by atoms with Crippen molar-refractivity contribution in [1.82, 2.24) is 25.9 Å². The molecule has 2 aromatic carbocycles. The van der Waals surface area contributed by atoms with Crippen molar-refractivity contribution in [3.63, 3.8) is 0 Å². The summed E-state index contributed by atoms with van der Waals surface area (Å²) in [5.74, 6) is -2.98. The summed E-state index contributed by atoms with van der Waals surface area (Å²) >= 11 is 0. The zero-order chi connectivity index (χ0) is 26.4. The zero-order valence-corrected chi connectivity index (χ0v) is 19.9. The molecule has 0 bridgehead atoms. The molecule has 2 heterocycles. The summed E-state index contributed by atoms with van der Waals surface area (Å²) < 4.78 is 0. The number of aromatic amines is 2. The Morgan fingerprint density at radius 1 is 0.784 bits per heavy atom. The Bertz CT molecular complexity index is 1440. The van der Waals surface area contributed by atoms with Gasteiger partial charge in [-0.1, -0.05) is 36.4 Å². The molecule has 37 heavy (non-hydrogen) atoms. The topological polar surface area (TPSA) is 182 Å². The molecule has 4 aromatic rings. The molecule has 192 valence electrons. The first-order chi connectivity index (χ1) is 17.9. The van der Waals surface area contributed by atoms with Crippen LogP contribution in [0.1, 0.15) is 11.1 Å². The Labute approximate surface area is 211 Å². The molecule has 0 aliphatic rings. The third kappa shape index (κ3) is 6.14. The standard InChI is InChI=1S/C26H28N6O5/c27-11-23(33)31-21(9-15-12-28-19-7-3-1-5-17(15)19)25(35)30-14-24(34)32-22(26(36)37)10-16-13-29-20-8-4-2-6-18(16)20/h1-8,12-13,21-22,28-29H,9-11,14,27H2,(H,30,35)(H,31,33)(H,32,34)(H,36,37). The van der Waals surface area contributed by atoms with Crippen LogP contribution in [0.15, 0.2) is 60.9 Å². The van der Waals surface area contributed by atoms with Crippen LogP contribution in [0.25, 0.3) is 21.8 Å². The number of carbonyl (C=O) groups excluding carboxylic acids is 3. The maximum atomic E-state index is 12.9. The number of carboxylic acids is 1. The summed E-state index contributed by atoms with van der Waals surface area (Å²) in [6.45, 7) is -0.758. The quantitative estimate of drug-likeness (QED) is 0.157. The van der Waals surface area contributed by atoms with Gasteiger partial charge in [-0.05, 0) is 23.3 Å². The number of benzene rings is 2. The van der Waals surface area contributed by atoms with E-state index >= 15 is 0 Å². The molecule has 2 unspecified atom stereocenters. The first-order valence-electron chi connectivity index (χ1n) is 11.7. The summed E-state index contributed by atoms with van der Waals surface area (Å²) in [4.78, 5) is 55.4. The van der Waals surface area contributed by atoms with E-state index in [0.717, 1.165) is 32.9 Å². The maximum absolute atomic E-state index is 12.9. The van der Waals surface area contributed by atoms with Gasteiger partial charge in [-0.15, -0.1) is 0 Å². The highest BCUT2D eigenvalue weighted by Crippen LogP contribution is 2.20. The van der Waals surface area contributed by atoms with Gasteiger partial charge in [0.05, 0.1) is 13.1 Å². The highest BCUT2D eigenvalue weighted by Gasteiger charge is 2.25. The third-order valence-corrected chi connectivity index (χ3v) is 6.09. The van der Waals surface area contributed by atoms with E-state index in [1.54, 1.807) is 12.4 Å². The van der Waals surface area contributed by atoms with E-state index in [1.807, 2.05) is 48.5 Å². The summed E-state index contributed by atoms with van der Waals surface area (Å²) in [5.41, 5.74) is 8.71. The van der Waals surface area contributed by atoms with Crippen LogP contribution in [0, 0.1) is 0 Å². The predicted octanol–water partition coefficient (Wildman–Crippen LogP) is 0.564. The van der Waals surface area contributed by atoms with Gasteiger partial charge in [0.2, 0.25) is 17.7 Å². The highest BCUT2D eigenvalue weighted by molar-refractivity contribution is 5.93. The van der Waals surface area contributed by atoms with E-state index in [1.165, 1.54) is 0 Å². The molecule has 0 saturated carbocycles. The fourth-order valence-electron chi connectivity index (χ4n) is 4.24. The van der Waals surface area contributed by atoms with Gasteiger partial charge in [0, 0.05) is 47.0 Å². The number of aromatic nitrogens is 2. The highest BCUT2D eigenvalue weighted by atomic mass is 16.4. The molecular weight excluding hydrogens is 476 g/mol. The van der Waals surface area contributed by atoms with E-state index in [-0.39, 0.29) is 19.4 Å². The molecule has 0 aliphatic carbocycles. The SMILES string of the molecule is NCC(=O)NC(Cc1c[nH]c2ccccc12)C(=O)NCC(=O)NC(Cc1c[nH]c2ccccc12)C(=O)O. The Hall–Kier alpha value is -4.64. The number of hydrogen-bond donors (Lipinski definition) is 7. The maximum Gasteiger partial charge on any atom is 0.326 e. The Kier molecular flexibility index (Phi) is 7.84. The van der Waals surface area contributed by atoms with Crippen molar-refractivity contribution in [2.45, 2.75) is 24.9 Å². The van der Waals surface area contributed by atoms with Crippen LogP contribution < -0.4 is 21.7 Å². The summed E-state index contributed by atoms with van der Waals surface area (Å²) in [7, 11) is 0. The van der Waals surface area contributed by atoms with Crippen molar-refractivity contribution in [3.8, 4) is 0 Å². The van der Waals surface area contributed by atoms with Gasteiger partial charge >= 0.3 is 5.97 Å². The number of H-pyrrole nitrogens is 2. The fourth-order valence-corrected chi connectivity index (χ4v) is 4.24. The first-order valence-corrected chi connectivity index (χ1v) is 11.7. The van der Waals surface area contributed by atoms with Crippen molar-refractivity contribution in [1.29, 1.82) is 0 Å². The van der Waals surface area contributed by atoms with Gasteiger partial charge in [-0.2, -0.15) is 0 Å². The van der Waals surface area contributed by atoms with E-state index in [9.17, 15) is 24.3 Å². The monoisotopic (exact) mass is 504 g/mol. The number of hydrogen-bond acceptors (Lipinski definition) is 5. The lowest BCUT2D eigenvalue weighted by Crippen LogP contribution is -2.52. The lowest BCUT2D eigenvalue weighted by atomic mass is 10.0. The van der Waals surface area contributed by atoms with Gasteiger partial charge in [-0.25, -0.2) is 4.79 Å². The summed E-state index contributed by atoms with van der Waals surface area (Å²) in [6, 6.07) is 12.8. The normalized spacial score (nSPS) is 12.7. The first kappa shape index (κ1) is 25.5. The molecule has 3 amide bonds. The van der Waals surface area contributed by atoms with Crippen molar-refractivity contribution < 1.29 is 24.3 Å². The average Bonchev–Trinajstić information content (AvgIpc) is 3.50. The van der Waals surface area contributed by atoms with Crippen molar-refractivity contribution in [2.75, 3.05) is 13.1 Å². The van der Waals surface area contributed by atoms with Crippen molar-refractivity contribution in [3.05, 3.63) is 72.1 Å². The van der Waals surface area contributed by atoms with E-state index in [0.29, 0.717) is 0 Å². The van der Waals surface area contributed by atoms with Crippen molar-refractivity contribution in [2.24, 2.45) is 5.73 Å². The zero-order valence-electron chi connectivity index (χ0n) is 19.9. The summed E-state index contributed by atoms with van der Waals surface area (Å²) in [6.07, 6.45) is 3.70. The van der Waals surface area contributed by atoms with Gasteiger partial charge < -0.3 is 36.8 Å². The van der Waals surface area contributed by atoms with Gasteiger partial charge in [0.25, 0.3) is 0 Å². The van der Waals surface area contributed by atoms with Crippen LogP contribution in [-0.4, -0.2) is 63.9 Å². The fraction of sp³-hybridized carbons (Fsp3) is 0.231. The number of carboxylic acid groups (broad SMARTS) is 1. The molecule has 2 atom stereocenters. The van der Waals surface area contributed by atoms with Crippen LogP contribution in [0.3, 0.4) is 0 Å². The molecule has 11 nitrogen and oxygen atoms in total. The van der Waals surface area contributed by atoms with Crippen LogP contribution in [0.4, 0.5) is 0 Å². The second-order valence-corrected chi connectivity index (χ2v) is 8.63. The molecule has 0 saturated heterocycles. The van der Waals surface area contributed by atoms with Crippen LogP contribution in [0.5, 0.6) is 0 Å². The number of nitrogens with one attached hydrogen (secondary N) is 5. The molecule has 0 aliphatic heterocycles. The third-order valence-electron chi connectivity index (χ3n) is 6.09. The molecule has 0 radical (unpaired) electrons. The Morgan fingerprint density at radius 2 is 1.30 bits per heavy atom. The molecule has 11 heteroatoms. The molecule has 0 fully saturated rings. The summed E-state index contributed by atoms with van der Waals surface area (Å²) in [5, 5.41) is 18.9. The molecule has 8 N–H and O–H groups in total. The Morgan fingerprint density at radius 3 is 1.84 bits per heavy atom. The number of rotatable bonds is 11. The van der Waals surface area contributed by atoms with Gasteiger partial charge in [0.1, 0.15) is 12.1 Å². The molecular formula is C26H28N6O5. The minimum absolute atomic E-state index is 0.0643. The van der Waals surface area contributed by atoms with E-state index in [2.05, 4.69) is 25.9 Å². The predicted molar refractivity (Wildman–Crippen MR) is 138 cm³/mol. The largest absolute Gasteiger partial charge is 0.480 e. The van der Waals surface area contributed by atoms with E-state index < -0.39 is 42.3 Å². The van der Waals surface area contributed by atoms with Crippen LogP contribution in [-0.2, 0) is 32.0 Å².